The van der Waals surface area contributed by atoms with Crippen LogP contribution in [0.5, 0.6) is 0 Å². The molecule has 1 aliphatic heterocycles. The molecule has 0 bridgehead atoms. The molecule has 1 N–H and O–H groups in total. The first-order valence-electron chi connectivity index (χ1n) is 9.36. The number of nitro groups is 1. The Kier molecular flexibility index (Phi) is 5.59. The van der Waals surface area contributed by atoms with Gasteiger partial charge in [0.2, 0.25) is 5.91 Å². The number of hydrogen-bond donors (Lipinski definition) is 1. The van der Waals surface area contributed by atoms with Crippen LogP contribution in [-0.2, 0) is 16.0 Å². The number of Topliss-reactive ketones (excluding diaryl/α,β-unsaturated/α-hetero) is 1. The Balaban J connectivity index is 1.68. The van der Waals surface area contributed by atoms with Gasteiger partial charge in [-0.3, -0.25) is 24.7 Å². The van der Waals surface area contributed by atoms with Crippen molar-refractivity contribution in [1.82, 2.24) is 0 Å². The van der Waals surface area contributed by atoms with E-state index in [0.717, 1.165) is 16.8 Å². The summed E-state index contributed by atoms with van der Waals surface area (Å²) in [5, 5.41) is 13.7. The van der Waals surface area contributed by atoms with E-state index in [-0.39, 0.29) is 23.8 Å². The number of nitro benzene ring substituents is 1. The zero-order valence-electron chi connectivity index (χ0n) is 16.7. The number of aryl methyl sites for hydroxylation is 1. The number of nitrogens with zero attached hydrogens (tertiary/aromatic N) is 2. The molecule has 1 atom stereocenters. The summed E-state index contributed by atoms with van der Waals surface area (Å²) in [6, 6.07) is 12.2. The molecule has 1 amide bonds. The van der Waals surface area contributed by atoms with E-state index < -0.39 is 10.3 Å². The number of nitrogens with one attached hydrogen (secondary N) is 1. The molecule has 2 aromatic carbocycles. The van der Waals surface area contributed by atoms with Crippen molar-refractivity contribution in [3.63, 3.8) is 0 Å². The highest BCUT2D eigenvalue weighted by atomic mass is 16.6. The van der Waals surface area contributed by atoms with Crippen molar-refractivity contribution in [1.29, 1.82) is 0 Å². The Morgan fingerprint density at radius 2 is 1.90 bits per heavy atom. The van der Waals surface area contributed by atoms with Crippen LogP contribution in [0.3, 0.4) is 0 Å². The van der Waals surface area contributed by atoms with Gasteiger partial charge >= 0.3 is 0 Å². The van der Waals surface area contributed by atoms with Gasteiger partial charge in [-0.2, -0.15) is 0 Å². The normalized spacial score (nSPS) is 18.2. The first-order chi connectivity index (χ1) is 13.7. The summed E-state index contributed by atoms with van der Waals surface area (Å²) in [6.45, 7) is 5.46. The van der Waals surface area contributed by atoms with Crippen LogP contribution < -0.4 is 5.32 Å². The van der Waals surface area contributed by atoms with E-state index in [1.807, 2.05) is 31.2 Å². The van der Waals surface area contributed by atoms with Gasteiger partial charge in [-0.25, -0.2) is 0 Å². The second-order valence-electron chi connectivity index (χ2n) is 7.74. The maximum Gasteiger partial charge on any atom is 0.272 e. The van der Waals surface area contributed by atoms with Gasteiger partial charge in [0, 0.05) is 42.8 Å². The predicted octanol–water partition coefficient (Wildman–Crippen LogP) is 3.87. The van der Waals surface area contributed by atoms with E-state index >= 15 is 0 Å². The van der Waals surface area contributed by atoms with Crippen molar-refractivity contribution in [2.24, 2.45) is 10.4 Å². The van der Waals surface area contributed by atoms with Crippen LogP contribution in [0.4, 0.5) is 11.4 Å². The second-order valence-corrected chi connectivity index (χ2v) is 7.74. The van der Waals surface area contributed by atoms with Gasteiger partial charge in [-0.05, 0) is 36.2 Å². The van der Waals surface area contributed by atoms with Crippen LogP contribution in [0.2, 0.25) is 0 Å². The molecule has 0 aromatic heterocycles. The van der Waals surface area contributed by atoms with Gasteiger partial charge in [0.15, 0.2) is 0 Å². The van der Waals surface area contributed by atoms with Crippen molar-refractivity contribution in [2.75, 3.05) is 11.9 Å². The fourth-order valence-electron chi connectivity index (χ4n) is 3.51. The third-order valence-electron chi connectivity index (χ3n) is 5.21. The molecule has 29 heavy (non-hydrogen) atoms. The molecule has 0 spiro atoms. The Morgan fingerprint density at radius 3 is 2.48 bits per heavy atom. The van der Waals surface area contributed by atoms with Gasteiger partial charge < -0.3 is 5.32 Å². The Hall–Kier alpha value is -3.35. The number of amides is 1. The monoisotopic (exact) mass is 393 g/mol. The molecule has 150 valence electrons. The zero-order valence-corrected chi connectivity index (χ0v) is 16.7. The predicted molar refractivity (Wildman–Crippen MR) is 111 cm³/mol. The van der Waals surface area contributed by atoms with Gasteiger partial charge in [0.25, 0.3) is 5.69 Å². The van der Waals surface area contributed by atoms with Crippen molar-refractivity contribution >= 4 is 28.8 Å². The number of anilines is 1. The van der Waals surface area contributed by atoms with E-state index in [0.29, 0.717) is 24.2 Å². The molecule has 7 heteroatoms. The Bertz CT molecular complexity index is 1010. The van der Waals surface area contributed by atoms with E-state index in [9.17, 15) is 19.7 Å². The van der Waals surface area contributed by atoms with Crippen molar-refractivity contribution in [3.05, 3.63) is 69.3 Å². The third-order valence-corrected chi connectivity index (χ3v) is 5.21. The smallest absolute Gasteiger partial charge is 0.272 e. The third kappa shape index (κ3) is 4.56. The average molecular weight is 393 g/mol. The van der Waals surface area contributed by atoms with Gasteiger partial charge in [0.05, 0.1) is 16.9 Å². The lowest BCUT2D eigenvalue weighted by Crippen LogP contribution is -2.30. The molecule has 0 fully saturated rings. The highest BCUT2D eigenvalue weighted by Gasteiger charge is 2.38. The summed E-state index contributed by atoms with van der Waals surface area (Å²) in [5.74, 6) is -0.0602. The maximum absolute atomic E-state index is 13.0. The minimum absolute atomic E-state index is 0.0570. The first kappa shape index (κ1) is 20.4. The summed E-state index contributed by atoms with van der Waals surface area (Å²) in [7, 11) is 0. The van der Waals surface area contributed by atoms with E-state index in [2.05, 4.69) is 10.3 Å². The summed E-state index contributed by atoms with van der Waals surface area (Å²) < 4.78 is 0. The van der Waals surface area contributed by atoms with Crippen LogP contribution in [0.25, 0.3) is 0 Å². The number of aliphatic imine (C=N–C) groups is 1. The molecule has 0 aliphatic carbocycles. The topological polar surface area (TPSA) is 102 Å². The highest BCUT2D eigenvalue weighted by molar-refractivity contribution is 6.06. The maximum atomic E-state index is 13.0. The number of ketones is 1. The SMILES string of the molecule is CC(=O)Nc1ccc(C2=NCC(C)(C(=O)Cc3ccc([N+](=O)[O-])c(C)c3)C2)cc1. The van der Waals surface area contributed by atoms with Crippen LogP contribution in [0, 0.1) is 22.5 Å². The summed E-state index contributed by atoms with van der Waals surface area (Å²) >= 11 is 0. The standard InChI is InChI=1S/C22H23N3O4/c1-14-10-16(4-9-20(14)25(28)29)11-21(27)22(3)12-19(23-13-22)17-5-7-18(8-6-17)24-15(2)26/h4-10H,11-13H2,1-3H3,(H,24,26). The minimum atomic E-state index is -0.596. The average Bonchev–Trinajstić information content (AvgIpc) is 3.05. The number of carbonyl (C=O) groups is 2. The van der Waals surface area contributed by atoms with Gasteiger partial charge in [-0.1, -0.05) is 25.1 Å². The summed E-state index contributed by atoms with van der Waals surface area (Å²) in [4.78, 5) is 39.2. The zero-order chi connectivity index (χ0) is 21.2. The summed E-state index contributed by atoms with van der Waals surface area (Å²) in [5.41, 5.74) is 3.30. The molecule has 3 rings (SSSR count). The molecule has 0 saturated heterocycles. The van der Waals surface area contributed by atoms with Crippen LogP contribution in [0.15, 0.2) is 47.5 Å². The van der Waals surface area contributed by atoms with Gasteiger partial charge in [0.1, 0.15) is 5.78 Å². The molecule has 0 saturated carbocycles. The fourth-order valence-corrected chi connectivity index (χ4v) is 3.51. The molecule has 2 aromatic rings. The molecular weight excluding hydrogens is 370 g/mol. The van der Waals surface area contributed by atoms with E-state index in [1.54, 1.807) is 19.1 Å². The van der Waals surface area contributed by atoms with E-state index in [4.69, 9.17) is 0 Å². The van der Waals surface area contributed by atoms with Crippen LogP contribution in [0.1, 0.15) is 37.0 Å². The molecule has 0 radical (unpaired) electrons. The van der Waals surface area contributed by atoms with Crippen molar-refractivity contribution in [2.45, 2.75) is 33.6 Å². The largest absolute Gasteiger partial charge is 0.326 e. The molecular formula is C22H23N3O4. The van der Waals surface area contributed by atoms with Crippen molar-refractivity contribution < 1.29 is 14.5 Å². The van der Waals surface area contributed by atoms with E-state index in [1.165, 1.54) is 13.0 Å². The minimum Gasteiger partial charge on any atom is -0.326 e. The lowest BCUT2D eigenvalue weighted by Gasteiger charge is -2.21. The Labute approximate surface area is 169 Å². The lowest BCUT2D eigenvalue weighted by atomic mass is 9.79. The molecule has 1 aliphatic rings. The highest BCUT2D eigenvalue weighted by Crippen LogP contribution is 2.33. The fraction of sp³-hybridized carbons (Fsp3) is 0.318. The molecule has 7 nitrogen and oxygen atoms in total. The molecule has 1 heterocycles. The quantitative estimate of drug-likeness (QED) is 0.594. The van der Waals surface area contributed by atoms with Crippen LogP contribution in [-0.4, -0.2) is 28.9 Å². The number of benzene rings is 2. The van der Waals surface area contributed by atoms with Gasteiger partial charge in [-0.15, -0.1) is 0 Å². The Morgan fingerprint density at radius 1 is 1.21 bits per heavy atom. The number of hydrogen-bond acceptors (Lipinski definition) is 5. The number of carbonyl (C=O) groups excluding carboxylic acids is 2. The summed E-state index contributed by atoms with van der Waals surface area (Å²) in [6.07, 6.45) is 0.761. The van der Waals surface area contributed by atoms with Crippen LogP contribution >= 0.6 is 0 Å². The second kappa shape index (κ2) is 7.95. The molecule has 1 unspecified atom stereocenters. The lowest BCUT2D eigenvalue weighted by molar-refractivity contribution is -0.385. The first-order valence-corrected chi connectivity index (χ1v) is 9.36. The number of rotatable bonds is 6. The van der Waals surface area contributed by atoms with Crippen molar-refractivity contribution in [3.8, 4) is 0 Å².